The van der Waals surface area contributed by atoms with Crippen LogP contribution in [-0.4, -0.2) is 31.8 Å². The Kier molecular flexibility index (Phi) is 3.86. The van der Waals surface area contributed by atoms with Crippen LogP contribution in [-0.2, 0) is 13.1 Å². The van der Waals surface area contributed by atoms with Crippen molar-refractivity contribution < 1.29 is 4.74 Å². The Morgan fingerprint density at radius 2 is 2.03 bits per heavy atom. The van der Waals surface area contributed by atoms with Crippen molar-refractivity contribution in [3.05, 3.63) is 70.3 Å². The lowest BCUT2D eigenvalue weighted by molar-refractivity contribution is 0.320. The fourth-order valence-electron chi connectivity index (χ4n) is 4.39. The van der Waals surface area contributed by atoms with Gasteiger partial charge < -0.3 is 24.8 Å². The lowest BCUT2D eigenvalue weighted by Gasteiger charge is -2.31. The molecule has 0 atom stereocenters. The van der Waals surface area contributed by atoms with Crippen LogP contribution < -0.4 is 15.3 Å². The number of fused-ring (bicyclic) bond motifs is 6. The number of hydrogen-bond donors (Lipinski definition) is 3. The zero-order valence-electron chi connectivity index (χ0n) is 16.9. The molecule has 2 aromatic carbocycles. The zero-order chi connectivity index (χ0) is 20.9. The summed E-state index contributed by atoms with van der Waals surface area (Å²) in [6, 6.07) is 14.5. The third kappa shape index (κ3) is 2.79. The number of hydrogen-bond acceptors (Lipinski definition) is 5. The van der Waals surface area contributed by atoms with Crippen molar-refractivity contribution in [2.45, 2.75) is 20.0 Å². The molecule has 0 saturated heterocycles. The van der Waals surface area contributed by atoms with Gasteiger partial charge in [0.1, 0.15) is 5.69 Å². The lowest BCUT2D eigenvalue weighted by Crippen LogP contribution is -2.29. The van der Waals surface area contributed by atoms with Crippen LogP contribution in [0.1, 0.15) is 18.1 Å². The highest BCUT2D eigenvalue weighted by Crippen LogP contribution is 2.45. The van der Waals surface area contributed by atoms with E-state index in [1.807, 2.05) is 37.4 Å². The maximum atomic E-state index is 12.3. The second-order valence-corrected chi connectivity index (χ2v) is 7.65. The number of rotatable bonds is 4. The van der Waals surface area contributed by atoms with Crippen LogP contribution in [0.3, 0.4) is 0 Å². The third-order valence-electron chi connectivity index (χ3n) is 5.71. The number of ether oxygens (including phenoxy) is 1. The summed E-state index contributed by atoms with van der Waals surface area (Å²) in [5.74, 6) is 0.374. The van der Waals surface area contributed by atoms with Gasteiger partial charge in [-0.15, -0.1) is 0 Å². The van der Waals surface area contributed by atoms with Crippen LogP contribution in [0.5, 0.6) is 5.88 Å². The van der Waals surface area contributed by atoms with Gasteiger partial charge in [0, 0.05) is 23.5 Å². The van der Waals surface area contributed by atoms with Crippen LogP contribution >= 0.6 is 0 Å². The van der Waals surface area contributed by atoms with Gasteiger partial charge in [-0.2, -0.15) is 4.98 Å². The Labute approximate surface area is 176 Å². The van der Waals surface area contributed by atoms with Gasteiger partial charge in [-0.05, 0) is 24.6 Å². The number of nitrogens with one attached hydrogen (secondary N) is 3. The molecular weight excluding hydrogens is 392 g/mol. The SMILES string of the molecule is CCOc1nc(=O)[nH]c2c1CN(Cc1ccccc1)c1c-2nc2cc3[nH][nH]cc3cc12. The van der Waals surface area contributed by atoms with Crippen LogP contribution in [0.15, 0.2) is 53.5 Å². The second-order valence-electron chi connectivity index (χ2n) is 7.65. The molecule has 0 unspecified atom stereocenters. The molecule has 3 N–H and O–H groups in total. The van der Waals surface area contributed by atoms with Crippen LogP contribution in [0, 0.1) is 0 Å². The van der Waals surface area contributed by atoms with Crippen LogP contribution in [0.25, 0.3) is 33.2 Å². The minimum Gasteiger partial charge on any atom is -0.478 e. The molecule has 0 bridgehead atoms. The van der Waals surface area contributed by atoms with E-state index in [1.54, 1.807) is 0 Å². The summed E-state index contributed by atoms with van der Waals surface area (Å²) in [5.41, 5.74) is 5.92. The molecule has 8 nitrogen and oxygen atoms in total. The molecule has 3 aromatic heterocycles. The van der Waals surface area contributed by atoms with Gasteiger partial charge in [0.15, 0.2) is 0 Å². The molecule has 1 aliphatic heterocycles. The fourth-order valence-corrected chi connectivity index (χ4v) is 4.39. The molecular formula is C23H20N6O2. The number of anilines is 1. The van der Waals surface area contributed by atoms with E-state index in [9.17, 15) is 4.79 Å². The highest BCUT2D eigenvalue weighted by Gasteiger charge is 2.31. The monoisotopic (exact) mass is 412 g/mol. The highest BCUT2D eigenvalue weighted by molar-refractivity contribution is 6.07. The van der Waals surface area contributed by atoms with E-state index in [0.717, 1.165) is 38.8 Å². The van der Waals surface area contributed by atoms with E-state index in [-0.39, 0.29) is 0 Å². The van der Waals surface area contributed by atoms with Crippen LogP contribution in [0.2, 0.25) is 0 Å². The Balaban J connectivity index is 1.62. The summed E-state index contributed by atoms with van der Waals surface area (Å²) in [6.07, 6.45) is 1.94. The first-order valence-corrected chi connectivity index (χ1v) is 10.3. The van der Waals surface area contributed by atoms with Crippen molar-refractivity contribution in [3.8, 4) is 17.3 Å². The minimum absolute atomic E-state index is 0.374. The van der Waals surface area contributed by atoms with Crippen molar-refractivity contribution in [2.24, 2.45) is 0 Å². The normalized spacial score (nSPS) is 12.9. The summed E-state index contributed by atoms with van der Waals surface area (Å²) in [7, 11) is 0. The summed E-state index contributed by atoms with van der Waals surface area (Å²) in [6.45, 7) is 3.59. The van der Waals surface area contributed by atoms with Crippen molar-refractivity contribution in [1.82, 2.24) is 25.1 Å². The maximum absolute atomic E-state index is 12.3. The zero-order valence-corrected chi connectivity index (χ0v) is 16.9. The van der Waals surface area contributed by atoms with E-state index < -0.39 is 5.69 Å². The van der Waals surface area contributed by atoms with Gasteiger partial charge in [-0.3, -0.25) is 0 Å². The van der Waals surface area contributed by atoms with E-state index in [2.05, 4.69) is 43.3 Å². The first-order valence-electron chi connectivity index (χ1n) is 10.3. The average Bonchev–Trinajstić information content (AvgIpc) is 3.37. The van der Waals surface area contributed by atoms with Gasteiger partial charge in [-0.25, -0.2) is 9.78 Å². The predicted molar refractivity (Wildman–Crippen MR) is 119 cm³/mol. The highest BCUT2D eigenvalue weighted by atomic mass is 16.5. The predicted octanol–water partition coefficient (Wildman–Crippen LogP) is 3.71. The molecule has 0 amide bonds. The molecule has 154 valence electrons. The van der Waals surface area contributed by atoms with Gasteiger partial charge in [-0.1, -0.05) is 30.3 Å². The third-order valence-corrected chi connectivity index (χ3v) is 5.71. The van der Waals surface area contributed by atoms with Gasteiger partial charge in [0.25, 0.3) is 0 Å². The fraction of sp³-hybridized carbons (Fsp3) is 0.174. The Morgan fingerprint density at radius 1 is 1.16 bits per heavy atom. The molecule has 0 fully saturated rings. The molecule has 0 spiro atoms. The van der Waals surface area contributed by atoms with Crippen LogP contribution in [0.4, 0.5) is 5.69 Å². The molecule has 0 saturated carbocycles. The smallest absolute Gasteiger partial charge is 0.348 e. The molecule has 8 heteroatoms. The number of aromatic nitrogens is 5. The Bertz CT molecular complexity index is 1480. The molecule has 0 aliphatic carbocycles. The van der Waals surface area contributed by atoms with Crippen molar-refractivity contribution in [1.29, 1.82) is 0 Å². The van der Waals surface area contributed by atoms with Crippen molar-refractivity contribution in [2.75, 3.05) is 11.5 Å². The molecule has 1 aliphatic rings. The maximum Gasteiger partial charge on any atom is 0.348 e. The number of nitrogens with zero attached hydrogens (tertiary/aromatic N) is 3. The average molecular weight is 412 g/mol. The summed E-state index contributed by atoms with van der Waals surface area (Å²) >= 11 is 0. The minimum atomic E-state index is -0.432. The molecule has 0 radical (unpaired) electrons. The Hall–Kier alpha value is -4.07. The van der Waals surface area contributed by atoms with E-state index in [0.29, 0.717) is 31.3 Å². The quantitative estimate of drug-likeness (QED) is 0.418. The molecule has 6 rings (SSSR count). The van der Waals surface area contributed by atoms with Gasteiger partial charge >= 0.3 is 5.69 Å². The molecule has 31 heavy (non-hydrogen) atoms. The molecule has 5 aromatic rings. The standard InChI is InChI=1S/C23H20N6O2/c1-2-31-22-16-12-29(11-13-6-4-3-5-7-13)21-15-8-14-10-24-28-17(14)9-18(15)25-20(21)19(16)26-23(30)27-22/h3-10,24,28H,2,11-12H2,1H3,(H,26,27,30). The summed E-state index contributed by atoms with van der Waals surface area (Å²) < 4.78 is 5.73. The van der Waals surface area contributed by atoms with Crippen molar-refractivity contribution in [3.63, 3.8) is 0 Å². The number of aromatic amines is 3. The number of benzene rings is 2. The van der Waals surface area contributed by atoms with E-state index in [1.165, 1.54) is 5.56 Å². The summed E-state index contributed by atoms with van der Waals surface area (Å²) in [4.78, 5) is 26.5. The lowest BCUT2D eigenvalue weighted by atomic mass is 10.0. The summed E-state index contributed by atoms with van der Waals surface area (Å²) in [5, 5.41) is 8.29. The molecule has 4 heterocycles. The van der Waals surface area contributed by atoms with E-state index in [4.69, 9.17) is 9.72 Å². The first-order chi connectivity index (χ1) is 15.2. The number of H-pyrrole nitrogens is 3. The van der Waals surface area contributed by atoms with Gasteiger partial charge in [0.05, 0.1) is 41.1 Å². The largest absolute Gasteiger partial charge is 0.478 e. The first kappa shape index (κ1) is 17.8. The van der Waals surface area contributed by atoms with Crippen molar-refractivity contribution >= 4 is 27.5 Å². The Morgan fingerprint density at radius 3 is 2.87 bits per heavy atom. The van der Waals surface area contributed by atoms with Gasteiger partial charge in [0.2, 0.25) is 5.88 Å². The van der Waals surface area contributed by atoms with E-state index >= 15 is 0 Å². The second kappa shape index (κ2) is 6.73. The topological polar surface area (TPSA) is 103 Å².